The molecule has 0 N–H and O–H groups in total. The summed E-state index contributed by atoms with van der Waals surface area (Å²) in [4.78, 5) is 4.36. The van der Waals surface area contributed by atoms with Crippen molar-refractivity contribution in [1.82, 2.24) is 9.80 Å². The Morgan fingerprint density at radius 3 is 2.29 bits per heavy atom. The molecule has 1 aliphatic rings. The van der Waals surface area contributed by atoms with Gasteiger partial charge in [-0.05, 0) is 77.0 Å². The Balaban J connectivity index is 1.74. The lowest BCUT2D eigenvalue weighted by molar-refractivity contribution is -0.185. The third kappa shape index (κ3) is 6.44. The maximum Gasteiger partial charge on any atom is 0.391 e. The SMILES string of the molecule is CN(C)CCCc1cccc(CCN2CCC(C(F)(F)F)CC2)c1. The lowest BCUT2D eigenvalue weighted by atomic mass is 9.96. The Morgan fingerprint density at radius 1 is 1.08 bits per heavy atom. The molecular formula is C19H29F3N2. The van der Waals surface area contributed by atoms with Gasteiger partial charge >= 0.3 is 6.18 Å². The molecule has 0 atom stereocenters. The van der Waals surface area contributed by atoms with Crippen LogP contribution in [0.25, 0.3) is 0 Å². The van der Waals surface area contributed by atoms with Crippen LogP contribution < -0.4 is 0 Å². The van der Waals surface area contributed by atoms with E-state index in [-0.39, 0.29) is 12.8 Å². The maximum atomic E-state index is 12.7. The predicted octanol–water partition coefficient (Wildman–Crippen LogP) is 4.00. The van der Waals surface area contributed by atoms with Crippen LogP contribution in [0.4, 0.5) is 13.2 Å². The Morgan fingerprint density at radius 2 is 1.71 bits per heavy atom. The molecular weight excluding hydrogens is 313 g/mol. The van der Waals surface area contributed by atoms with Crippen molar-refractivity contribution in [1.29, 1.82) is 0 Å². The van der Waals surface area contributed by atoms with Crippen LogP contribution in [0.2, 0.25) is 0 Å². The van der Waals surface area contributed by atoms with E-state index < -0.39 is 12.1 Å². The lowest BCUT2D eigenvalue weighted by Crippen LogP contribution is -2.39. The molecule has 1 saturated heterocycles. The number of rotatable bonds is 7. The van der Waals surface area contributed by atoms with Crippen molar-refractivity contribution >= 4 is 0 Å². The molecule has 0 saturated carbocycles. The largest absolute Gasteiger partial charge is 0.391 e. The van der Waals surface area contributed by atoms with Crippen LogP contribution in [-0.4, -0.2) is 56.3 Å². The second-order valence-corrected chi connectivity index (χ2v) is 7.13. The van der Waals surface area contributed by atoms with E-state index in [4.69, 9.17) is 0 Å². The molecule has 0 aliphatic carbocycles. The topological polar surface area (TPSA) is 6.48 Å². The van der Waals surface area contributed by atoms with Gasteiger partial charge in [-0.25, -0.2) is 0 Å². The minimum Gasteiger partial charge on any atom is -0.309 e. The van der Waals surface area contributed by atoms with Gasteiger partial charge in [0.15, 0.2) is 0 Å². The second-order valence-electron chi connectivity index (χ2n) is 7.13. The zero-order valence-corrected chi connectivity index (χ0v) is 14.8. The monoisotopic (exact) mass is 342 g/mol. The second kappa shape index (κ2) is 8.86. The minimum absolute atomic E-state index is 0.244. The number of benzene rings is 1. The highest BCUT2D eigenvalue weighted by atomic mass is 19.4. The molecule has 1 fully saturated rings. The van der Waals surface area contributed by atoms with Gasteiger partial charge in [0.25, 0.3) is 0 Å². The standard InChI is InChI=1S/C19H29F3N2/c1-23(2)11-4-7-16-5-3-6-17(15-16)8-12-24-13-9-18(10-14-24)19(20,21)22/h3,5-6,15,18H,4,7-14H2,1-2H3. The lowest BCUT2D eigenvalue weighted by Gasteiger charge is -2.32. The smallest absolute Gasteiger partial charge is 0.309 e. The van der Waals surface area contributed by atoms with Crippen LogP contribution in [0.15, 0.2) is 24.3 Å². The number of halogens is 3. The van der Waals surface area contributed by atoms with E-state index in [0.717, 1.165) is 32.4 Å². The van der Waals surface area contributed by atoms with Crippen molar-refractivity contribution in [3.05, 3.63) is 35.4 Å². The van der Waals surface area contributed by atoms with Gasteiger partial charge in [0.1, 0.15) is 0 Å². The number of aryl methyl sites for hydroxylation is 1. The number of piperidine rings is 1. The normalized spacial score (nSPS) is 17.6. The van der Waals surface area contributed by atoms with Gasteiger partial charge in [-0.15, -0.1) is 0 Å². The van der Waals surface area contributed by atoms with E-state index in [1.54, 1.807) is 0 Å². The zero-order valence-electron chi connectivity index (χ0n) is 14.8. The molecule has 2 rings (SSSR count). The summed E-state index contributed by atoms with van der Waals surface area (Å²) >= 11 is 0. The highest BCUT2D eigenvalue weighted by Crippen LogP contribution is 2.34. The first kappa shape index (κ1) is 19.3. The molecule has 0 aromatic heterocycles. The molecule has 0 spiro atoms. The molecule has 0 radical (unpaired) electrons. The molecule has 1 aromatic carbocycles. The van der Waals surface area contributed by atoms with E-state index >= 15 is 0 Å². The predicted molar refractivity (Wildman–Crippen MR) is 92.2 cm³/mol. The van der Waals surface area contributed by atoms with Gasteiger partial charge < -0.3 is 9.80 Å². The van der Waals surface area contributed by atoms with E-state index in [1.165, 1.54) is 11.1 Å². The van der Waals surface area contributed by atoms with E-state index in [2.05, 4.69) is 48.2 Å². The molecule has 0 amide bonds. The summed E-state index contributed by atoms with van der Waals surface area (Å²) in [5.41, 5.74) is 2.64. The van der Waals surface area contributed by atoms with Crippen LogP contribution in [0.1, 0.15) is 30.4 Å². The average molecular weight is 342 g/mol. The summed E-state index contributed by atoms with van der Waals surface area (Å²) in [6, 6.07) is 8.63. The molecule has 1 heterocycles. The van der Waals surface area contributed by atoms with E-state index in [0.29, 0.717) is 13.1 Å². The summed E-state index contributed by atoms with van der Waals surface area (Å²) in [6.45, 7) is 3.06. The van der Waals surface area contributed by atoms with Gasteiger partial charge in [0.2, 0.25) is 0 Å². The van der Waals surface area contributed by atoms with Crippen molar-refractivity contribution in [2.24, 2.45) is 5.92 Å². The van der Waals surface area contributed by atoms with Crippen molar-refractivity contribution in [3.63, 3.8) is 0 Å². The molecule has 24 heavy (non-hydrogen) atoms. The maximum absolute atomic E-state index is 12.7. The third-order valence-electron chi connectivity index (χ3n) is 4.83. The third-order valence-corrected chi connectivity index (χ3v) is 4.83. The summed E-state index contributed by atoms with van der Waals surface area (Å²) < 4.78 is 38.1. The van der Waals surface area contributed by atoms with E-state index in [1.807, 2.05) is 0 Å². The van der Waals surface area contributed by atoms with Crippen molar-refractivity contribution in [3.8, 4) is 0 Å². The minimum atomic E-state index is -4.02. The number of likely N-dealkylation sites (tertiary alicyclic amines) is 1. The first-order valence-corrected chi connectivity index (χ1v) is 8.86. The number of hydrogen-bond acceptors (Lipinski definition) is 2. The Bertz CT molecular complexity index is 492. The van der Waals surface area contributed by atoms with Crippen molar-refractivity contribution < 1.29 is 13.2 Å². The van der Waals surface area contributed by atoms with Gasteiger partial charge in [-0.2, -0.15) is 13.2 Å². The van der Waals surface area contributed by atoms with Gasteiger partial charge in [0, 0.05) is 6.54 Å². The van der Waals surface area contributed by atoms with Crippen LogP contribution in [0, 0.1) is 5.92 Å². The summed E-state index contributed by atoms with van der Waals surface area (Å²) in [6.07, 6.45) is -0.405. The van der Waals surface area contributed by atoms with Crippen molar-refractivity contribution in [2.75, 3.05) is 40.3 Å². The van der Waals surface area contributed by atoms with E-state index in [9.17, 15) is 13.2 Å². The fourth-order valence-corrected chi connectivity index (χ4v) is 3.31. The average Bonchev–Trinajstić information content (AvgIpc) is 2.52. The van der Waals surface area contributed by atoms with Crippen LogP contribution in [-0.2, 0) is 12.8 Å². The summed E-state index contributed by atoms with van der Waals surface area (Å²) in [5, 5.41) is 0. The highest BCUT2D eigenvalue weighted by molar-refractivity contribution is 5.24. The number of nitrogens with zero attached hydrogens (tertiary/aromatic N) is 2. The van der Waals surface area contributed by atoms with Crippen LogP contribution in [0.3, 0.4) is 0 Å². The van der Waals surface area contributed by atoms with Crippen molar-refractivity contribution in [2.45, 2.75) is 38.3 Å². The molecule has 1 aromatic rings. The van der Waals surface area contributed by atoms with Crippen LogP contribution in [0.5, 0.6) is 0 Å². The first-order valence-electron chi connectivity index (χ1n) is 8.86. The molecule has 5 heteroatoms. The summed E-state index contributed by atoms with van der Waals surface area (Å²) in [7, 11) is 4.16. The van der Waals surface area contributed by atoms with Gasteiger partial charge in [-0.3, -0.25) is 0 Å². The fourth-order valence-electron chi connectivity index (χ4n) is 3.31. The molecule has 0 unspecified atom stereocenters. The Kier molecular flexibility index (Phi) is 7.11. The Labute approximate surface area is 143 Å². The molecule has 2 nitrogen and oxygen atoms in total. The number of hydrogen-bond donors (Lipinski definition) is 0. The molecule has 1 aliphatic heterocycles. The Hall–Kier alpha value is -1.07. The highest BCUT2D eigenvalue weighted by Gasteiger charge is 2.40. The molecule has 136 valence electrons. The number of alkyl halides is 3. The van der Waals surface area contributed by atoms with Gasteiger partial charge in [0.05, 0.1) is 5.92 Å². The zero-order chi connectivity index (χ0) is 17.6. The van der Waals surface area contributed by atoms with Crippen LogP contribution >= 0.6 is 0 Å². The summed E-state index contributed by atoms with van der Waals surface area (Å²) in [5.74, 6) is -1.10. The first-order chi connectivity index (χ1) is 11.3. The quantitative estimate of drug-likeness (QED) is 0.739. The fraction of sp³-hybridized carbons (Fsp3) is 0.684. The molecule has 0 bridgehead atoms. The van der Waals surface area contributed by atoms with Gasteiger partial charge in [-0.1, -0.05) is 24.3 Å².